The molecule has 3 aliphatic rings. The highest BCUT2D eigenvalue weighted by molar-refractivity contribution is 6.01. The van der Waals surface area contributed by atoms with E-state index in [2.05, 4.69) is 27.8 Å². The fourth-order valence-corrected chi connectivity index (χ4v) is 5.63. The summed E-state index contributed by atoms with van der Waals surface area (Å²) < 4.78 is 12.0. The van der Waals surface area contributed by atoms with Gasteiger partial charge in [-0.1, -0.05) is 24.3 Å². The smallest absolute Gasteiger partial charge is 0.340 e. The number of benzene rings is 3. The number of hydrogen-bond donors (Lipinski definition) is 4. The van der Waals surface area contributed by atoms with Gasteiger partial charge in [0.05, 0.1) is 12.1 Å². The Bertz CT molecular complexity index is 1850. The van der Waals surface area contributed by atoms with Gasteiger partial charge in [0.1, 0.15) is 28.7 Å². The zero-order chi connectivity index (χ0) is 32.3. The molecule has 3 aromatic rings. The van der Waals surface area contributed by atoms with Crippen LogP contribution in [-0.4, -0.2) is 47.4 Å². The Morgan fingerprint density at radius 2 is 1.63 bits per heavy atom. The van der Waals surface area contributed by atoms with Crippen molar-refractivity contribution in [3.8, 4) is 34.8 Å². The van der Waals surface area contributed by atoms with Gasteiger partial charge in [0, 0.05) is 59.1 Å². The van der Waals surface area contributed by atoms with Gasteiger partial charge < -0.3 is 30.3 Å². The van der Waals surface area contributed by atoms with Crippen LogP contribution in [-0.2, 0) is 19.9 Å². The van der Waals surface area contributed by atoms with E-state index in [9.17, 15) is 29.4 Å². The lowest BCUT2D eigenvalue weighted by Crippen LogP contribution is -2.33. The zero-order valence-electron chi connectivity index (χ0n) is 24.5. The molecule has 0 aliphatic carbocycles. The van der Waals surface area contributed by atoms with Gasteiger partial charge >= 0.3 is 5.97 Å². The molecule has 11 heteroatoms. The Balaban J connectivity index is 1.04. The summed E-state index contributed by atoms with van der Waals surface area (Å²) in [6, 6.07) is 13.8. The Kier molecular flexibility index (Phi) is 8.18. The summed E-state index contributed by atoms with van der Waals surface area (Å²) in [5, 5.41) is 29.6. The standard InChI is InChI=1S/C35H28N3O8/c39-20-23-15-21(19-38-23)5-4-14-36-32(42)6-2-1-3-13-37-33(43)22-7-10-27-26(16-22)34(44)46-35(27)28-11-8-24(40)17-30(28)45-31-18-25(41)9-12-29(31)35/h7-12,15-20,40-41H,1-3,6,13-14H2,(H,36,42)(H,37,43). The van der Waals surface area contributed by atoms with E-state index < -0.39 is 11.6 Å². The highest BCUT2D eigenvalue weighted by Gasteiger charge is 2.53. The molecule has 4 N–H and O–H groups in total. The number of esters is 1. The van der Waals surface area contributed by atoms with Crippen LogP contribution in [0.5, 0.6) is 23.0 Å². The molecular formula is C35H28N3O8. The summed E-state index contributed by atoms with van der Waals surface area (Å²) in [6.07, 6.45) is 6.06. The van der Waals surface area contributed by atoms with Crippen LogP contribution in [0.2, 0.25) is 0 Å². The topological polar surface area (TPSA) is 165 Å². The van der Waals surface area contributed by atoms with Gasteiger partial charge in [-0.25, -0.2) is 4.79 Å². The van der Waals surface area contributed by atoms with E-state index in [1.165, 1.54) is 36.5 Å². The summed E-state index contributed by atoms with van der Waals surface area (Å²) in [5.41, 5.74) is 1.55. The largest absolute Gasteiger partial charge is 0.508 e. The minimum absolute atomic E-state index is 0.0399. The van der Waals surface area contributed by atoms with Crippen molar-refractivity contribution in [3.05, 3.63) is 106 Å². The van der Waals surface area contributed by atoms with Gasteiger partial charge in [-0.15, -0.1) is 0 Å². The lowest BCUT2D eigenvalue weighted by molar-refractivity contribution is -0.121. The molecule has 0 saturated heterocycles. The number of hydrogen-bond acceptors (Lipinski definition) is 8. The Morgan fingerprint density at radius 1 is 0.913 bits per heavy atom. The first-order valence-corrected chi connectivity index (χ1v) is 14.6. The second kappa shape index (κ2) is 12.5. The number of carbonyl (C=O) groups is 4. The van der Waals surface area contributed by atoms with Crippen LogP contribution in [0.25, 0.3) is 0 Å². The second-order valence-corrected chi connectivity index (χ2v) is 10.8. The third kappa shape index (κ3) is 5.76. The minimum Gasteiger partial charge on any atom is -0.508 e. The number of amides is 2. The predicted molar refractivity (Wildman–Crippen MR) is 164 cm³/mol. The van der Waals surface area contributed by atoms with Crippen molar-refractivity contribution < 1.29 is 38.9 Å². The number of aldehydes is 1. The molecule has 0 atom stereocenters. The van der Waals surface area contributed by atoms with Crippen molar-refractivity contribution >= 4 is 24.1 Å². The van der Waals surface area contributed by atoms with Gasteiger partial charge in [-0.3, -0.25) is 19.7 Å². The highest BCUT2D eigenvalue weighted by atomic mass is 16.6. The third-order valence-corrected chi connectivity index (χ3v) is 7.79. The number of rotatable bonds is 9. The van der Waals surface area contributed by atoms with E-state index in [1.807, 2.05) is 0 Å². The molecule has 0 fully saturated rings. The second-order valence-electron chi connectivity index (χ2n) is 10.8. The number of nitrogens with zero attached hydrogens (tertiary/aromatic N) is 1. The lowest BCUT2D eigenvalue weighted by Gasteiger charge is -2.36. The number of fused-ring (bicyclic) bond motifs is 6. The van der Waals surface area contributed by atoms with Gasteiger partial charge in [-0.05, 0) is 55.3 Å². The molecule has 46 heavy (non-hydrogen) atoms. The van der Waals surface area contributed by atoms with Crippen LogP contribution in [0.4, 0.5) is 0 Å². The van der Waals surface area contributed by atoms with E-state index in [0.717, 1.165) is 6.42 Å². The summed E-state index contributed by atoms with van der Waals surface area (Å²) in [4.78, 5) is 48.9. The van der Waals surface area contributed by atoms with Crippen LogP contribution in [0.1, 0.15) is 63.1 Å². The number of carbonyl (C=O) groups excluding carboxylic acids is 4. The van der Waals surface area contributed by atoms with Crippen LogP contribution < -0.4 is 20.7 Å². The van der Waals surface area contributed by atoms with Crippen molar-refractivity contribution in [2.45, 2.75) is 31.3 Å². The molecule has 231 valence electrons. The number of aromatic hydroxyl groups is 2. The van der Waals surface area contributed by atoms with Crippen LogP contribution in [0.3, 0.4) is 0 Å². The number of allylic oxidation sites excluding steroid dienone is 3. The zero-order valence-corrected chi connectivity index (χ0v) is 24.5. The lowest BCUT2D eigenvalue weighted by atomic mass is 9.77. The van der Waals surface area contributed by atoms with Crippen LogP contribution >= 0.6 is 0 Å². The monoisotopic (exact) mass is 618 g/mol. The quantitative estimate of drug-likeness (QED) is 0.122. The van der Waals surface area contributed by atoms with Crippen LogP contribution in [0.15, 0.2) is 78.1 Å². The molecule has 1 spiro atoms. The maximum Gasteiger partial charge on any atom is 0.340 e. The molecule has 11 nitrogen and oxygen atoms in total. The average molecular weight is 619 g/mol. The summed E-state index contributed by atoms with van der Waals surface area (Å²) >= 11 is 0. The Hall–Kier alpha value is -6.02. The van der Waals surface area contributed by atoms with Gasteiger partial charge in [0.2, 0.25) is 5.91 Å². The summed E-state index contributed by atoms with van der Waals surface area (Å²) in [7, 11) is 0. The van der Waals surface area contributed by atoms with E-state index in [0.29, 0.717) is 60.1 Å². The first kappa shape index (κ1) is 30.0. The first-order valence-electron chi connectivity index (χ1n) is 14.6. The number of nitrogens with one attached hydrogen (secondary N) is 2. The maximum atomic E-state index is 13.3. The Morgan fingerprint density at radius 3 is 2.33 bits per heavy atom. The number of unbranched alkanes of at least 4 members (excludes halogenated alkanes) is 2. The van der Waals surface area contributed by atoms with Crippen molar-refractivity contribution in [3.63, 3.8) is 0 Å². The van der Waals surface area contributed by atoms with E-state index in [1.54, 1.807) is 30.3 Å². The van der Waals surface area contributed by atoms with E-state index in [4.69, 9.17) is 9.47 Å². The summed E-state index contributed by atoms with van der Waals surface area (Å²) in [5.74, 6) is 5.02. The summed E-state index contributed by atoms with van der Waals surface area (Å²) in [6.45, 7) is 0.574. The minimum atomic E-state index is -1.40. The third-order valence-electron chi connectivity index (χ3n) is 7.79. The molecule has 0 aromatic heterocycles. The molecule has 3 aliphatic heterocycles. The molecule has 3 aromatic carbocycles. The van der Waals surface area contributed by atoms with Crippen molar-refractivity contribution in [2.24, 2.45) is 0 Å². The number of phenols is 2. The van der Waals surface area contributed by atoms with E-state index in [-0.39, 0.29) is 52.5 Å². The van der Waals surface area contributed by atoms with E-state index >= 15 is 0 Å². The highest BCUT2D eigenvalue weighted by Crippen LogP contribution is 2.57. The van der Waals surface area contributed by atoms with Crippen molar-refractivity contribution in [1.82, 2.24) is 16.0 Å². The fraction of sp³-hybridized carbons (Fsp3) is 0.200. The van der Waals surface area contributed by atoms with Gasteiger partial charge in [0.15, 0.2) is 11.9 Å². The number of ether oxygens (including phenoxy) is 2. The molecule has 1 radical (unpaired) electrons. The van der Waals surface area contributed by atoms with Gasteiger partial charge in [0.25, 0.3) is 5.91 Å². The fourth-order valence-electron chi connectivity index (χ4n) is 5.63. The molecule has 3 heterocycles. The molecule has 2 amide bonds. The average Bonchev–Trinajstić information content (AvgIpc) is 3.62. The molecule has 6 rings (SSSR count). The first-order chi connectivity index (χ1) is 22.3. The Labute approximate surface area is 263 Å². The molecule has 0 unspecified atom stereocenters. The van der Waals surface area contributed by atoms with Gasteiger partial charge in [-0.2, -0.15) is 0 Å². The predicted octanol–water partition coefficient (Wildman–Crippen LogP) is 3.66. The number of phenolic OH excluding ortho intramolecular Hbond substituents is 2. The molecule has 0 bridgehead atoms. The van der Waals surface area contributed by atoms with Crippen molar-refractivity contribution in [2.75, 3.05) is 13.1 Å². The SMILES string of the molecule is O=CC1=CC(C#CCNC(=O)CCCCCNC(=O)c2ccc3c(c2)C(=O)OC32c3ccc(O)cc3Oc3cc(O)ccc32)=C[N]1. The molecular weight excluding hydrogens is 590 g/mol. The maximum absolute atomic E-state index is 13.3. The van der Waals surface area contributed by atoms with Crippen molar-refractivity contribution in [1.29, 1.82) is 0 Å². The van der Waals surface area contributed by atoms with Crippen LogP contribution in [0, 0.1) is 11.8 Å². The molecule has 0 saturated carbocycles. The normalized spacial score (nSPS) is 14.6.